The van der Waals surface area contributed by atoms with E-state index < -0.39 is 59.8 Å². The minimum absolute atomic E-state index is 0.0304. The van der Waals surface area contributed by atoms with Gasteiger partial charge in [0.2, 0.25) is 0 Å². The molecule has 12 nitrogen and oxygen atoms in total. The Balaban J connectivity index is 2.27. The highest BCUT2D eigenvalue weighted by molar-refractivity contribution is 7.80. The first-order valence-corrected chi connectivity index (χ1v) is 32.7. The average molecular weight is 1120 g/mol. The highest BCUT2D eigenvalue weighted by atomic mass is 32.3. The van der Waals surface area contributed by atoms with E-state index in [1.54, 1.807) is 0 Å². The molecule has 1 rings (SSSR count). The molecule has 0 aromatic carbocycles. The first-order valence-electron chi connectivity index (χ1n) is 31.3. The Hall–Kier alpha value is -2.72. The molecule has 452 valence electrons. The number of esters is 1. The molecular formula is C65H114O12S. The molecule has 0 saturated carbocycles. The molecule has 6 atom stereocenters. The number of hydrogen-bond acceptors (Lipinski definition) is 11. The molecule has 1 fully saturated rings. The monoisotopic (exact) mass is 1120 g/mol. The summed E-state index contributed by atoms with van der Waals surface area (Å²) < 4.78 is 59.6. The maximum absolute atomic E-state index is 13.0. The summed E-state index contributed by atoms with van der Waals surface area (Å²) in [6, 6.07) is 0. The van der Waals surface area contributed by atoms with Crippen LogP contribution in [-0.2, 0) is 38.3 Å². The van der Waals surface area contributed by atoms with Crippen LogP contribution in [0.5, 0.6) is 0 Å². The SMILES string of the molecule is CC/C=C\C/C=C\C/C=C\C/C=C\C/C=C\CCCCCCCCCCCC(=O)OC(COCCCCCCCCCCCCCCCC/C=C\C/C=C\CCCCCCC)COC1OC(CO)C(O)C(OS(=O)(=O)O)C1O. The van der Waals surface area contributed by atoms with Crippen LogP contribution in [0.1, 0.15) is 258 Å². The van der Waals surface area contributed by atoms with Gasteiger partial charge in [0.15, 0.2) is 6.29 Å². The highest BCUT2D eigenvalue weighted by Gasteiger charge is 2.48. The van der Waals surface area contributed by atoms with Gasteiger partial charge in [0, 0.05) is 13.0 Å². The van der Waals surface area contributed by atoms with E-state index in [-0.39, 0.29) is 19.6 Å². The zero-order chi connectivity index (χ0) is 56.7. The van der Waals surface area contributed by atoms with Crippen molar-refractivity contribution in [2.45, 2.75) is 295 Å². The molecule has 6 unspecified atom stereocenters. The maximum atomic E-state index is 13.0. The summed E-state index contributed by atoms with van der Waals surface area (Å²) in [5, 5.41) is 30.9. The lowest BCUT2D eigenvalue weighted by Gasteiger charge is -2.41. The van der Waals surface area contributed by atoms with Crippen molar-refractivity contribution in [2.24, 2.45) is 0 Å². The molecule has 0 amide bonds. The van der Waals surface area contributed by atoms with Gasteiger partial charge in [0.05, 0.1) is 19.8 Å². The van der Waals surface area contributed by atoms with E-state index in [2.05, 4.69) is 103 Å². The predicted octanol–water partition coefficient (Wildman–Crippen LogP) is 16.3. The molecule has 1 heterocycles. The molecule has 0 aliphatic carbocycles. The van der Waals surface area contributed by atoms with E-state index in [1.807, 2.05) is 0 Å². The molecule has 13 heteroatoms. The number of carbonyl (C=O) groups excluding carboxylic acids is 1. The average Bonchev–Trinajstić information content (AvgIpc) is 3.46. The van der Waals surface area contributed by atoms with E-state index in [4.69, 9.17) is 18.9 Å². The Morgan fingerprint density at radius 2 is 0.885 bits per heavy atom. The number of carbonyl (C=O) groups is 1. The molecule has 78 heavy (non-hydrogen) atoms. The minimum atomic E-state index is -5.07. The first-order chi connectivity index (χ1) is 38.1. The lowest BCUT2D eigenvalue weighted by atomic mass is 9.99. The summed E-state index contributed by atoms with van der Waals surface area (Å²) in [4.78, 5) is 13.0. The van der Waals surface area contributed by atoms with Crippen molar-refractivity contribution in [3.63, 3.8) is 0 Å². The number of aliphatic hydroxyl groups excluding tert-OH is 3. The van der Waals surface area contributed by atoms with Gasteiger partial charge in [-0.2, -0.15) is 8.42 Å². The fourth-order valence-corrected chi connectivity index (χ4v) is 9.83. The summed E-state index contributed by atoms with van der Waals surface area (Å²) in [5.74, 6) is -0.405. The van der Waals surface area contributed by atoms with Crippen LogP contribution < -0.4 is 0 Å². The summed E-state index contributed by atoms with van der Waals surface area (Å²) in [7, 11) is -5.07. The molecule has 0 bridgehead atoms. The van der Waals surface area contributed by atoms with Crippen LogP contribution in [-0.4, -0.2) is 97.5 Å². The van der Waals surface area contributed by atoms with E-state index in [0.717, 1.165) is 83.5 Å². The third-order valence-corrected chi connectivity index (χ3v) is 14.5. The molecule has 0 aromatic rings. The normalized spacial score (nSPS) is 19.0. The topological polar surface area (TPSA) is 178 Å². The maximum Gasteiger partial charge on any atom is 0.397 e. The molecule has 1 saturated heterocycles. The van der Waals surface area contributed by atoms with Gasteiger partial charge in [-0.25, -0.2) is 4.18 Å². The molecule has 1 aliphatic heterocycles. The van der Waals surface area contributed by atoms with Crippen LogP contribution in [0.2, 0.25) is 0 Å². The number of rotatable bonds is 55. The molecule has 1 aliphatic rings. The van der Waals surface area contributed by atoms with Gasteiger partial charge in [-0.05, 0) is 89.9 Å². The predicted molar refractivity (Wildman–Crippen MR) is 322 cm³/mol. The number of ether oxygens (including phenoxy) is 4. The van der Waals surface area contributed by atoms with Crippen LogP contribution >= 0.6 is 0 Å². The second-order valence-corrected chi connectivity index (χ2v) is 22.3. The van der Waals surface area contributed by atoms with Crippen molar-refractivity contribution in [3.05, 3.63) is 85.1 Å². The second-order valence-electron chi connectivity index (χ2n) is 21.3. The number of aliphatic hydroxyl groups is 3. The molecule has 0 spiro atoms. The van der Waals surface area contributed by atoms with Gasteiger partial charge in [-0.1, -0.05) is 247 Å². The van der Waals surface area contributed by atoms with Gasteiger partial charge in [0.25, 0.3) is 0 Å². The Bertz CT molecular complexity index is 1670. The van der Waals surface area contributed by atoms with Gasteiger partial charge in [-0.15, -0.1) is 0 Å². The first kappa shape index (κ1) is 73.3. The lowest BCUT2D eigenvalue weighted by Crippen LogP contribution is -2.60. The Morgan fingerprint density at radius 3 is 1.29 bits per heavy atom. The van der Waals surface area contributed by atoms with Gasteiger partial charge < -0.3 is 34.3 Å². The standard InChI is InChI=1S/C65H114O12S/c1-3-5-7-9-11-13-15-17-19-21-23-25-27-29-31-33-35-37-39-41-43-45-47-49-51-53-55-73-57-59(58-74-65-63(69)64(77-78(70,71)72)62(68)60(56-66)76-65)75-61(67)54-52-50-48-46-44-42-40-38-36-34-32-30-28-26-24-22-20-18-16-14-12-10-8-6-4-2/h6,8,12,14-15,17-18,20-21,23-24,26,30,32,59-60,62-66,68-69H,3-5,7,9-11,13,16,19,22,25,27-29,31,33-58H2,1-2H3,(H,70,71,72)/b8-6-,14-12-,17-15-,20-18-,23-21-,26-24-,32-30-. The zero-order valence-electron chi connectivity index (χ0n) is 49.2. The quantitative estimate of drug-likeness (QED) is 0.0196. The van der Waals surface area contributed by atoms with Crippen LogP contribution in [0.3, 0.4) is 0 Å². The lowest BCUT2D eigenvalue weighted by molar-refractivity contribution is -0.301. The summed E-state index contributed by atoms with van der Waals surface area (Å²) in [6.07, 6.45) is 66.2. The largest absolute Gasteiger partial charge is 0.457 e. The van der Waals surface area contributed by atoms with Gasteiger partial charge in [0.1, 0.15) is 30.5 Å². The van der Waals surface area contributed by atoms with Crippen molar-refractivity contribution in [1.29, 1.82) is 0 Å². The second kappa shape index (κ2) is 54.8. The third-order valence-electron chi connectivity index (χ3n) is 14.0. The number of allylic oxidation sites excluding steroid dienone is 14. The Labute approximate surface area is 476 Å². The third kappa shape index (κ3) is 47.0. The number of unbranched alkanes of at least 4 members (excludes halogenated alkanes) is 28. The van der Waals surface area contributed by atoms with Crippen LogP contribution in [0.25, 0.3) is 0 Å². The van der Waals surface area contributed by atoms with Crippen molar-refractivity contribution >= 4 is 16.4 Å². The van der Waals surface area contributed by atoms with Gasteiger partial charge >= 0.3 is 16.4 Å². The Morgan fingerprint density at radius 1 is 0.500 bits per heavy atom. The number of hydrogen-bond donors (Lipinski definition) is 4. The van der Waals surface area contributed by atoms with Crippen molar-refractivity contribution in [1.82, 2.24) is 0 Å². The van der Waals surface area contributed by atoms with Crippen LogP contribution in [0.15, 0.2) is 85.1 Å². The Kier molecular flexibility index (Phi) is 51.5. The summed E-state index contributed by atoms with van der Waals surface area (Å²) in [5.41, 5.74) is 0. The summed E-state index contributed by atoms with van der Waals surface area (Å²) >= 11 is 0. The molecular weight excluding hydrogens is 1000 g/mol. The van der Waals surface area contributed by atoms with Crippen LogP contribution in [0.4, 0.5) is 0 Å². The smallest absolute Gasteiger partial charge is 0.397 e. The molecule has 0 aromatic heterocycles. The van der Waals surface area contributed by atoms with E-state index in [9.17, 15) is 33.1 Å². The van der Waals surface area contributed by atoms with Crippen molar-refractivity contribution < 1.29 is 56.2 Å². The van der Waals surface area contributed by atoms with Gasteiger partial charge in [-0.3, -0.25) is 9.35 Å². The van der Waals surface area contributed by atoms with Crippen LogP contribution in [0, 0.1) is 0 Å². The van der Waals surface area contributed by atoms with Crippen molar-refractivity contribution in [2.75, 3.05) is 26.4 Å². The highest BCUT2D eigenvalue weighted by Crippen LogP contribution is 2.26. The minimum Gasteiger partial charge on any atom is -0.457 e. The van der Waals surface area contributed by atoms with E-state index in [1.165, 1.54) is 148 Å². The molecule has 4 N–H and O–H groups in total. The fourth-order valence-electron chi connectivity index (χ4n) is 9.32. The fraction of sp³-hybridized carbons (Fsp3) is 0.769. The van der Waals surface area contributed by atoms with Crippen molar-refractivity contribution in [3.8, 4) is 0 Å². The summed E-state index contributed by atoms with van der Waals surface area (Å²) in [6.45, 7) is 3.89. The van der Waals surface area contributed by atoms with E-state index in [0.29, 0.717) is 13.0 Å². The zero-order valence-corrected chi connectivity index (χ0v) is 50.0. The molecule has 0 radical (unpaired) electrons. The van der Waals surface area contributed by atoms with E-state index >= 15 is 0 Å².